The lowest BCUT2D eigenvalue weighted by atomic mass is 10.3. The molecule has 0 saturated heterocycles. The van der Waals surface area contributed by atoms with Crippen molar-refractivity contribution in [1.29, 1.82) is 0 Å². The molecule has 0 saturated carbocycles. The summed E-state index contributed by atoms with van der Waals surface area (Å²) in [5, 5.41) is 0. The fraction of sp³-hybridized carbons (Fsp3) is 0.381. The van der Waals surface area contributed by atoms with Crippen molar-refractivity contribution in [2.45, 2.75) is 17.7 Å². The molecule has 0 aliphatic carbocycles. The molecular formula is C21H28N4O5S. The summed E-state index contributed by atoms with van der Waals surface area (Å²) in [6, 6.07) is 4.73. The Labute approximate surface area is 182 Å². The highest BCUT2D eigenvalue weighted by Gasteiger charge is 2.20. The van der Waals surface area contributed by atoms with Crippen molar-refractivity contribution < 1.29 is 22.7 Å². The number of aryl methyl sites for hydroxylation is 2. The van der Waals surface area contributed by atoms with E-state index in [9.17, 15) is 18.0 Å². The van der Waals surface area contributed by atoms with Crippen LogP contribution in [0, 0.1) is 0 Å². The number of rotatable bonds is 11. The van der Waals surface area contributed by atoms with E-state index >= 15 is 0 Å². The molecule has 1 heterocycles. The van der Waals surface area contributed by atoms with E-state index in [1.807, 2.05) is 0 Å². The number of hydrogen-bond donors (Lipinski definition) is 0. The molecule has 0 bridgehead atoms. The molecule has 0 spiro atoms. The number of carbonyl (C=O) groups is 2. The number of amides is 1. The first-order chi connectivity index (χ1) is 14.6. The largest absolute Gasteiger partial charge is 0.456 e. The summed E-state index contributed by atoms with van der Waals surface area (Å²) in [5.74, 6) is -0.239. The van der Waals surface area contributed by atoms with Crippen LogP contribution in [0.2, 0.25) is 0 Å². The van der Waals surface area contributed by atoms with Gasteiger partial charge in [-0.25, -0.2) is 17.7 Å². The van der Waals surface area contributed by atoms with Crippen LogP contribution in [0.25, 0.3) is 11.0 Å². The first-order valence-electron chi connectivity index (χ1n) is 9.64. The molecule has 0 N–H and O–H groups in total. The van der Waals surface area contributed by atoms with Gasteiger partial charge < -0.3 is 14.2 Å². The van der Waals surface area contributed by atoms with Gasteiger partial charge in [0.05, 0.1) is 22.3 Å². The molecule has 2 rings (SSSR count). The fourth-order valence-electron chi connectivity index (χ4n) is 2.93. The lowest BCUT2D eigenvalue weighted by Gasteiger charge is -2.18. The molecule has 168 valence electrons. The molecular weight excluding hydrogens is 420 g/mol. The molecule has 9 nitrogen and oxygen atoms in total. The highest BCUT2D eigenvalue weighted by molar-refractivity contribution is 7.89. The highest BCUT2D eigenvalue weighted by Crippen LogP contribution is 2.21. The lowest BCUT2D eigenvalue weighted by molar-refractivity contribution is -0.151. The molecule has 0 aliphatic heterocycles. The van der Waals surface area contributed by atoms with Crippen LogP contribution < -0.4 is 0 Å². The molecule has 1 aromatic carbocycles. The van der Waals surface area contributed by atoms with E-state index in [1.54, 1.807) is 29.8 Å². The molecule has 2 aromatic rings. The molecule has 0 aliphatic rings. The number of imidazole rings is 1. The molecule has 10 heteroatoms. The summed E-state index contributed by atoms with van der Waals surface area (Å²) >= 11 is 0. The highest BCUT2D eigenvalue weighted by atomic mass is 32.2. The standard InChI is InChI=1S/C21H28N4O5S/c1-6-12-25(13-7-2)20(26)15-30-21(27)11-10-19-22-17-14-16(31(28,29)23(3)4)8-9-18(17)24(19)5/h6-9,14H,1-2,10-13,15H2,3-5H3. The molecule has 31 heavy (non-hydrogen) atoms. The van der Waals surface area contributed by atoms with Crippen LogP contribution in [-0.2, 0) is 37.8 Å². The maximum Gasteiger partial charge on any atom is 0.306 e. The second-order valence-electron chi connectivity index (χ2n) is 7.06. The number of carbonyl (C=O) groups excluding carboxylic acids is 2. The van der Waals surface area contributed by atoms with E-state index < -0.39 is 16.0 Å². The summed E-state index contributed by atoms with van der Waals surface area (Å²) in [6.07, 6.45) is 3.50. The molecule has 0 atom stereocenters. The lowest BCUT2D eigenvalue weighted by Crippen LogP contribution is -2.35. The monoisotopic (exact) mass is 448 g/mol. The van der Waals surface area contributed by atoms with Gasteiger partial charge in [-0.2, -0.15) is 0 Å². The normalized spacial score (nSPS) is 11.5. The topological polar surface area (TPSA) is 102 Å². The van der Waals surface area contributed by atoms with Gasteiger partial charge in [-0.3, -0.25) is 9.59 Å². The van der Waals surface area contributed by atoms with Gasteiger partial charge in [0.1, 0.15) is 5.82 Å². The molecule has 0 radical (unpaired) electrons. The third-order valence-electron chi connectivity index (χ3n) is 4.68. The van der Waals surface area contributed by atoms with Crippen LogP contribution >= 0.6 is 0 Å². The van der Waals surface area contributed by atoms with Gasteiger partial charge in [0.2, 0.25) is 10.0 Å². The zero-order valence-electron chi connectivity index (χ0n) is 18.1. The van der Waals surface area contributed by atoms with Crippen LogP contribution in [0.4, 0.5) is 0 Å². The summed E-state index contributed by atoms with van der Waals surface area (Å²) in [5.41, 5.74) is 1.27. The predicted molar refractivity (Wildman–Crippen MR) is 118 cm³/mol. The van der Waals surface area contributed by atoms with Crippen LogP contribution in [0.3, 0.4) is 0 Å². The number of hydrogen-bond acceptors (Lipinski definition) is 6. The van der Waals surface area contributed by atoms with E-state index in [4.69, 9.17) is 4.74 Å². The second-order valence-corrected chi connectivity index (χ2v) is 9.21. The van der Waals surface area contributed by atoms with Crippen LogP contribution in [0.15, 0.2) is 48.4 Å². The molecule has 0 fully saturated rings. The Hall–Kier alpha value is -2.98. The third-order valence-corrected chi connectivity index (χ3v) is 6.50. The SMILES string of the molecule is C=CCN(CC=C)C(=O)COC(=O)CCc1nc2cc(S(=O)(=O)N(C)C)ccc2n1C. The van der Waals surface area contributed by atoms with Crippen molar-refractivity contribution in [3.05, 3.63) is 49.3 Å². The van der Waals surface area contributed by atoms with E-state index in [0.717, 1.165) is 9.82 Å². The van der Waals surface area contributed by atoms with Gasteiger partial charge in [-0.15, -0.1) is 13.2 Å². The number of benzene rings is 1. The summed E-state index contributed by atoms with van der Waals surface area (Å²) < 4.78 is 32.7. The average Bonchev–Trinajstić information content (AvgIpc) is 3.05. The second kappa shape index (κ2) is 10.4. The van der Waals surface area contributed by atoms with E-state index in [0.29, 0.717) is 24.4 Å². The van der Waals surface area contributed by atoms with Crippen molar-refractivity contribution in [3.63, 3.8) is 0 Å². The molecule has 1 amide bonds. The van der Waals surface area contributed by atoms with Crippen molar-refractivity contribution in [2.75, 3.05) is 33.8 Å². The number of aromatic nitrogens is 2. The first kappa shape index (κ1) is 24.3. The van der Waals surface area contributed by atoms with Gasteiger partial charge in [-0.05, 0) is 18.2 Å². The maximum absolute atomic E-state index is 12.3. The zero-order chi connectivity index (χ0) is 23.2. The Morgan fingerprint density at radius 2 is 1.84 bits per heavy atom. The molecule has 1 aromatic heterocycles. The number of sulfonamides is 1. The number of ether oxygens (including phenoxy) is 1. The number of nitrogens with zero attached hydrogens (tertiary/aromatic N) is 4. The molecule has 0 unspecified atom stereocenters. The van der Waals surface area contributed by atoms with Gasteiger partial charge in [-0.1, -0.05) is 12.2 Å². The van der Waals surface area contributed by atoms with Gasteiger partial charge in [0.15, 0.2) is 6.61 Å². The summed E-state index contributed by atoms with van der Waals surface area (Å²) in [7, 11) is 1.16. The minimum atomic E-state index is -3.57. The van der Waals surface area contributed by atoms with Crippen molar-refractivity contribution in [3.8, 4) is 0 Å². The van der Waals surface area contributed by atoms with Crippen molar-refractivity contribution in [2.24, 2.45) is 7.05 Å². The quantitative estimate of drug-likeness (QED) is 0.381. The average molecular weight is 449 g/mol. The van der Waals surface area contributed by atoms with E-state index in [-0.39, 0.29) is 30.3 Å². The Kier molecular flexibility index (Phi) is 8.12. The fourth-order valence-corrected chi connectivity index (χ4v) is 3.86. The minimum Gasteiger partial charge on any atom is -0.456 e. The van der Waals surface area contributed by atoms with Gasteiger partial charge >= 0.3 is 5.97 Å². The smallest absolute Gasteiger partial charge is 0.306 e. The van der Waals surface area contributed by atoms with E-state index in [1.165, 1.54) is 31.1 Å². The van der Waals surface area contributed by atoms with Crippen molar-refractivity contribution >= 4 is 32.9 Å². The number of esters is 1. The zero-order valence-corrected chi connectivity index (χ0v) is 18.9. The van der Waals surface area contributed by atoms with Crippen LogP contribution in [-0.4, -0.2) is 72.8 Å². The maximum atomic E-state index is 12.3. The predicted octanol–water partition coefficient (Wildman–Crippen LogP) is 1.50. The summed E-state index contributed by atoms with van der Waals surface area (Å²) in [6.45, 7) is 7.52. The Morgan fingerprint density at radius 1 is 1.19 bits per heavy atom. The van der Waals surface area contributed by atoms with Crippen LogP contribution in [0.5, 0.6) is 0 Å². The van der Waals surface area contributed by atoms with Crippen molar-refractivity contribution in [1.82, 2.24) is 18.8 Å². The number of fused-ring (bicyclic) bond motifs is 1. The minimum absolute atomic E-state index is 0.0379. The Bertz CT molecular complexity index is 1080. The summed E-state index contributed by atoms with van der Waals surface area (Å²) in [4.78, 5) is 30.3. The van der Waals surface area contributed by atoms with Crippen LogP contribution in [0.1, 0.15) is 12.2 Å². The Balaban J connectivity index is 2.03. The third kappa shape index (κ3) is 5.80. The van der Waals surface area contributed by atoms with E-state index in [2.05, 4.69) is 18.1 Å². The van der Waals surface area contributed by atoms with Gasteiger partial charge in [0.25, 0.3) is 5.91 Å². The van der Waals surface area contributed by atoms with Gasteiger partial charge in [0, 0.05) is 40.7 Å². The Morgan fingerprint density at radius 3 is 2.42 bits per heavy atom. The first-order valence-corrected chi connectivity index (χ1v) is 11.1.